The molecule has 0 radical (unpaired) electrons. The van der Waals surface area contributed by atoms with E-state index < -0.39 is 24.3 Å². The smallest absolute Gasteiger partial charge is 0.257 e. The Morgan fingerprint density at radius 1 is 1.38 bits per heavy atom. The van der Waals surface area contributed by atoms with Gasteiger partial charge in [-0.15, -0.1) is 0 Å². The van der Waals surface area contributed by atoms with Crippen molar-refractivity contribution in [1.29, 1.82) is 5.41 Å². The molecule has 6 nitrogen and oxygen atoms in total. The van der Waals surface area contributed by atoms with Gasteiger partial charge in [0.15, 0.2) is 0 Å². The van der Waals surface area contributed by atoms with Crippen LogP contribution in [0.25, 0.3) is 0 Å². The summed E-state index contributed by atoms with van der Waals surface area (Å²) in [7, 11) is 0. The molecule has 2 heterocycles. The number of nitrogens with one attached hydrogen (secondary N) is 1. The maximum absolute atomic E-state index is 13.4. The van der Waals surface area contributed by atoms with Gasteiger partial charge in [-0.2, -0.15) is 0 Å². The summed E-state index contributed by atoms with van der Waals surface area (Å²) in [6, 6.07) is 3.47. The van der Waals surface area contributed by atoms with Gasteiger partial charge < -0.3 is 15.0 Å². The lowest BCUT2D eigenvalue weighted by atomic mass is 10.1. The van der Waals surface area contributed by atoms with E-state index in [4.69, 9.17) is 21.7 Å². The van der Waals surface area contributed by atoms with E-state index in [1.54, 1.807) is 0 Å². The zero-order valence-electron chi connectivity index (χ0n) is 13.6. The monoisotopic (exact) mass is 380 g/mol. The molecule has 0 spiro atoms. The number of hydrogen-bond donors (Lipinski definition) is 1. The molecule has 0 bridgehead atoms. The zero-order valence-corrected chi connectivity index (χ0v) is 14.3. The molecular weight excluding hydrogens is 366 g/mol. The molecular formula is C17H15ClF2N4O2. The molecule has 0 saturated carbocycles. The number of ether oxygens (including phenoxy) is 1. The van der Waals surface area contributed by atoms with Crippen LogP contribution >= 0.6 is 11.6 Å². The Morgan fingerprint density at radius 3 is 2.81 bits per heavy atom. The number of carbonyl (C=O) groups is 1. The van der Waals surface area contributed by atoms with E-state index in [0.29, 0.717) is 10.8 Å². The van der Waals surface area contributed by atoms with E-state index in [1.165, 1.54) is 23.4 Å². The number of carbonyl (C=O) groups excluding carboxylic acids is 1. The molecule has 1 atom stereocenters. The van der Waals surface area contributed by atoms with Gasteiger partial charge in [0, 0.05) is 30.7 Å². The van der Waals surface area contributed by atoms with Gasteiger partial charge in [0.25, 0.3) is 5.91 Å². The number of benzene rings is 1. The molecule has 1 aliphatic heterocycles. The van der Waals surface area contributed by atoms with Crippen molar-refractivity contribution in [3.05, 3.63) is 52.8 Å². The van der Waals surface area contributed by atoms with E-state index in [0.717, 1.165) is 12.1 Å². The molecule has 1 fully saturated rings. The van der Waals surface area contributed by atoms with Crippen molar-refractivity contribution in [3.8, 4) is 5.75 Å². The zero-order chi connectivity index (χ0) is 18.7. The lowest BCUT2D eigenvalue weighted by Gasteiger charge is -2.18. The fraction of sp³-hybridized carbons (Fsp3) is 0.294. The quantitative estimate of drug-likeness (QED) is 0.865. The van der Waals surface area contributed by atoms with Crippen LogP contribution in [0.15, 0.2) is 30.6 Å². The summed E-state index contributed by atoms with van der Waals surface area (Å²) in [6.45, 7) is -0.732. The maximum Gasteiger partial charge on any atom is 0.257 e. The highest BCUT2D eigenvalue weighted by Gasteiger charge is 2.35. The van der Waals surface area contributed by atoms with Gasteiger partial charge in [-0.25, -0.2) is 18.7 Å². The van der Waals surface area contributed by atoms with Crippen LogP contribution in [0.5, 0.6) is 5.75 Å². The van der Waals surface area contributed by atoms with Gasteiger partial charge in [-0.3, -0.25) is 4.79 Å². The van der Waals surface area contributed by atoms with Crippen LogP contribution in [0.2, 0.25) is 5.02 Å². The summed E-state index contributed by atoms with van der Waals surface area (Å²) >= 11 is 5.77. The van der Waals surface area contributed by atoms with Crippen molar-refractivity contribution in [2.24, 2.45) is 0 Å². The number of aromatic nitrogens is 2. The molecule has 1 amide bonds. The molecule has 1 aromatic heterocycles. The number of halogens is 3. The number of alkyl halides is 1. The number of rotatable bonds is 5. The second-order valence-corrected chi connectivity index (χ2v) is 6.14. The molecule has 3 rings (SSSR count). The van der Waals surface area contributed by atoms with Crippen molar-refractivity contribution in [3.63, 3.8) is 0 Å². The summed E-state index contributed by atoms with van der Waals surface area (Å²) in [5.41, 5.74) is 0.402. The van der Waals surface area contributed by atoms with Crippen molar-refractivity contribution in [1.82, 2.24) is 14.9 Å². The van der Waals surface area contributed by atoms with Crippen LogP contribution in [0.3, 0.4) is 0 Å². The maximum atomic E-state index is 13.4. The predicted octanol–water partition coefficient (Wildman–Crippen LogP) is 2.88. The van der Waals surface area contributed by atoms with Gasteiger partial charge in [0.1, 0.15) is 30.7 Å². The van der Waals surface area contributed by atoms with E-state index in [1.807, 2.05) is 0 Å². The third-order valence-electron chi connectivity index (χ3n) is 3.93. The minimum absolute atomic E-state index is 0.0228. The van der Waals surface area contributed by atoms with Crippen molar-refractivity contribution in [2.45, 2.75) is 5.92 Å². The summed E-state index contributed by atoms with van der Waals surface area (Å²) in [4.78, 5) is 22.4. The van der Waals surface area contributed by atoms with Crippen molar-refractivity contribution >= 4 is 23.2 Å². The Labute approximate surface area is 153 Å². The molecule has 1 unspecified atom stereocenters. The highest BCUT2D eigenvalue weighted by molar-refractivity contribution is 6.30. The minimum atomic E-state index is -0.755. The van der Waals surface area contributed by atoms with Crippen molar-refractivity contribution < 1.29 is 18.3 Å². The third-order valence-corrected chi connectivity index (χ3v) is 4.13. The van der Waals surface area contributed by atoms with Crippen LogP contribution < -0.4 is 4.74 Å². The molecule has 1 aliphatic rings. The highest BCUT2D eigenvalue weighted by Crippen LogP contribution is 2.27. The van der Waals surface area contributed by atoms with Gasteiger partial charge in [-0.05, 0) is 12.1 Å². The summed E-state index contributed by atoms with van der Waals surface area (Å²) in [5, 5.41) is 8.52. The first-order valence-electron chi connectivity index (χ1n) is 7.82. The Morgan fingerprint density at radius 2 is 2.12 bits per heavy atom. The summed E-state index contributed by atoms with van der Waals surface area (Å²) in [6.07, 6.45) is 2.87. The Balaban J connectivity index is 1.81. The highest BCUT2D eigenvalue weighted by atomic mass is 35.5. The first-order valence-corrected chi connectivity index (χ1v) is 8.19. The summed E-state index contributed by atoms with van der Waals surface area (Å²) in [5.74, 6) is -1.07. The number of amides is 1. The van der Waals surface area contributed by atoms with E-state index in [2.05, 4.69) is 9.97 Å². The average Bonchev–Trinajstić information content (AvgIpc) is 3.02. The number of nitrogens with zero attached hydrogens (tertiary/aromatic N) is 3. The van der Waals surface area contributed by atoms with Crippen LogP contribution in [-0.4, -0.2) is 52.9 Å². The first-order chi connectivity index (χ1) is 12.5. The third kappa shape index (κ3) is 3.80. The molecule has 1 saturated heterocycles. The first kappa shape index (κ1) is 18.2. The minimum Gasteiger partial charge on any atom is -0.490 e. The van der Waals surface area contributed by atoms with Crippen LogP contribution in [0, 0.1) is 11.2 Å². The molecule has 26 heavy (non-hydrogen) atoms. The molecule has 1 aromatic carbocycles. The Hall–Kier alpha value is -2.61. The molecule has 1 N–H and O–H groups in total. The molecule has 2 aromatic rings. The Kier molecular flexibility index (Phi) is 5.41. The van der Waals surface area contributed by atoms with Crippen LogP contribution in [0.4, 0.5) is 8.78 Å². The second kappa shape index (κ2) is 7.74. The number of likely N-dealkylation sites (tertiary alicyclic amines) is 1. The fourth-order valence-electron chi connectivity index (χ4n) is 2.72. The van der Waals surface area contributed by atoms with Gasteiger partial charge >= 0.3 is 0 Å². The lowest BCUT2D eigenvalue weighted by molar-refractivity contribution is 0.0790. The SMILES string of the molecule is N=C1CN(C(=O)c2ccc(F)cc2OCCF)CC1c1ncc(Cl)cn1. The molecule has 0 aliphatic carbocycles. The van der Waals surface area contributed by atoms with Gasteiger partial charge in [0.05, 0.1) is 23.0 Å². The van der Waals surface area contributed by atoms with Crippen molar-refractivity contribution in [2.75, 3.05) is 26.4 Å². The standard InChI is InChI=1S/C17H15ClF2N4O2/c18-10-6-22-16(23-7-10)13-8-24(9-14(13)21)17(25)12-2-1-11(20)5-15(12)26-4-3-19/h1-2,5-7,13,21H,3-4,8-9H2. The average molecular weight is 381 g/mol. The Bertz CT molecular complexity index is 832. The second-order valence-electron chi connectivity index (χ2n) is 5.70. The normalized spacial score (nSPS) is 16.8. The van der Waals surface area contributed by atoms with E-state index >= 15 is 0 Å². The van der Waals surface area contributed by atoms with Gasteiger partial charge in [-0.1, -0.05) is 11.6 Å². The van der Waals surface area contributed by atoms with Gasteiger partial charge in [0.2, 0.25) is 0 Å². The molecule has 136 valence electrons. The van der Waals surface area contributed by atoms with E-state index in [9.17, 15) is 13.6 Å². The lowest BCUT2D eigenvalue weighted by Crippen LogP contribution is -2.29. The predicted molar refractivity (Wildman–Crippen MR) is 91.3 cm³/mol. The summed E-state index contributed by atoms with van der Waals surface area (Å²) < 4.78 is 30.9. The van der Waals surface area contributed by atoms with Crippen LogP contribution in [-0.2, 0) is 0 Å². The van der Waals surface area contributed by atoms with Crippen LogP contribution in [0.1, 0.15) is 22.1 Å². The van der Waals surface area contributed by atoms with E-state index in [-0.39, 0.29) is 36.7 Å². The molecule has 9 heteroatoms. The number of hydrogen-bond acceptors (Lipinski definition) is 5. The fourth-order valence-corrected chi connectivity index (χ4v) is 2.81. The topological polar surface area (TPSA) is 79.2 Å². The largest absolute Gasteiger partial charge is 0.490 e.